The minimum absolute atomic E-state index is 0.125. The second kappa shape index (κ2) is 27.0. The lowest BCUT2D eigenvalue weighted by Crippen LogP contribution is -1.93. The van der Waals surface area contributed by atoms with Gasteiger partial charge in [-0.05, 0) is 38.5 Å². The quantitative estimate of drug-likeness (QED) is 0.127. The van der Waals surface area contributed by atoms with Crippen LogP contribution in [-0.4, -0.2) is 49.2 Å². The standard InChI is InChI=1S/C18H32O2.C2H6O2.H3O4P/c1-2-3-4-5-6-7-8-9-10-11-12-13-14-15-16-17-18(19)20;3-1-2-4;1-5(2,3)4/h6-7,9-10H,2-5,8,11-17H2,1H3,(H,19,20);3-4H,1-2H2;(H3,1,2,3,4)/b7-6-,10-9-;;. The minimum atomic E-state index is -4.64. The monoisotopic (exact) mass is 440 g/mol. The van der Waals surface area contributed by atoms with Crippen LogP contribution in [0.4, 0.5) is 0 Å². The molecule has 0 aromatic rings. The van der Waals surface area contributed by atoms with Gasteiger partial charge in [0.2, 0.25) is 0 Å². The van der Waals surface area contributed by atoms with Crippen LogP contribution in [0.2, 0.25) is 0 Å². The van der Waals surface area contributed by atoms with Gasteiger partial charge in [0, 0.05) is 6.42 Å². The van der Waals surface area contributed by atoms with E-state index in [1.807, 2.05) is 0 Å². The van der Waals surface area contributed by atoms with Gasteiger partial charge in [-0.2, -0.15) is 0 Å². The molecule has 0 saturated heterocycles. The van der Waals surface area contributed by atoms with Crippen LogP contribution in [0.3, 0.4) is 0 Å². The summed E-state index contributed by atoms with van der Waals surface area (Å²) in [7, 11) is -4.64. The maximum atomic E-state index is 10.3. The van der Waals surface area contributed by atoms with Gasteiger partial charge in [0.1, 0.15) is 0 Å². The zero-order valence-electron chi connectivity index (χ0n) is 17.7. The third kappa shape index (κ3) is 58.4. The van der Waals surface area contributed by atoms with Crippen LogP contribution in [0.15, 0.2) is 24.3 Å². The molecule has 0 aliphatic rings. The van der Waals surface area contributed by atoms with E-state index in [0.717, 1.165) is 25.7 Å². The number of carboxylic acid groups (broad SMARTS) is 1. The Morgan fingerprint density at radius 3 is 1.59 bits per heavy atom. The average molecular weight is 441 g/mol. The first-order chi connectivity index (χ1) is 13.7. The fourth-order valence-electron chi connectivity index (χ4n) is 2.09. The van der Waals surface area contributed by atoms with E-state index in [4.69, 9.17) is 34.6 Å². The maximum Gasteiger partial charge on any atom is 0.466 e. The van der Waals surface area contributed by atoms with Gasteiger partial charge in [0.25, 0.3) is 0 Å². The van der Waals surface area contributed by atoms with Gasteiger partial charge in [-0.3, -0.25) is 4.79 Å². The molecule has 174 valence electrons. The molecule has 6 N–H and O–H groups in total. The molecule has 29 heavy (non-hydrogen) atoms. The normalized spacial score (nSPS) is 11.1. The number of carbonyl (C=O) groups is 1. The van der Waals surface area contributed by atoms with E-state index in [9.17, 15) is 4.79 Å². The van der Waals surface area contributed by atoms with Crippen molar-refractivity contribution in [3.8, 4) is 0 Å². The van der Waals surface area contributed by atoms with Crippen molar-refractivity contribution in [1.29, 1.82) is 0 Å². The van der Waals surface area contributed by atoms with Gasteiger partial charge < -0.3 is 30.0 Å². The first-order valence-corrected chi connectivity index (χ1v) is 11.8. The zero-order chi connectivity index (χ0) is 22.8. The molecule has 0 saturated carbocycles. The Morgan fingerprint density at radius 2 is 1.17 bits per heavy atom. The highest BCUT2D eigenvalue weighted by atomic mass is 31.2. The highest BCUT2D eigenvalue weighted by Gasteiger charge is 2.00. The molecular formula is C20H41O8P. The van der Waals surface area contributed by atoms with E-state index in [2.05, 4.69) is 31.2 Å². The van der Waals surface area contributed by atoms with Crippen molar-refractivity contribution < 1.29 is 39.4 Å². The number of rotatable bonds is 15. The summed E-state index contributed by atoms with van der Waals surface area (Å²) in [6, 6.07) is 0. The molecule has 0 aromatic heterocycles. The molecule has 8 nitrogen and oxygen atoms in total. The smallest absolute Gasteiger partial charge is 0.466 e. The van der Waals surface area contributed by atoms with Crippen LogP contribution in [-0.2, 0) is 9.36 Å². The van der Waals surface area contributed by atoms with Crippen molar-refractivity contribution in [2.75, 3.05) is 13.2 Å². The van der Waals surface area contributed by atoms with Gasteiger partial charge in [0.15, 0.2) is 0 Å². The first kappa shape index (κ1) is 32.6. The molecule has 9 heteroatoms. The molecule has 0 amide bonds. The summed E-state index contributed by atoms with van der Waals surface area (Å²) in [5.41, 5.74) is 0. The summed E-state index contributed by atoms with van der Waals surface area (Å²) < 4.78 is 8.88. The van der Waals surface area contributed by atoms with E-state index >= 15 is 0 Å². The number of phosphoric acid groups is 1. The van der Waals surface area contributed by atoms with E-state index in [1.54, 1.807) is 0 Å². The predicted molar refractivity (Wildman–Crippen MR) is 115 cm³/mol. The Morgan fingerprint density at radius 1 is 0.759 bits per heavy atom. The predicted octanol–water partition coefficient (Wildman–Crippen LogP) is 3.93. The van der Waals surface area contributed by atoms with Gasteiger partial charge >= 0.3 is 13.8 Å². The molecule has 0 spiro atoms. The Balaban J connectivity index is -0.000000623. The van der Waals surface area contributed by atoms with Crippen molar-refractivity contribution in [2.45, 2.75) is 84.0 Å². The number of hydrogen-bond acceptors (Lipinski definition) is 4. The first-order valence-electron chi connectivity index (χ1n) is 10.2. The Kier molecular flexibility index (Phi) is 30.4. The average Bonchev–Trinajstić information content (AvgIpc) is 2.63. The fraction of sp³-hybridized carbons (Fsp3) is 0.750. The lowest BCUT2D eigenvalue weighted by atomic mass is 10.1. The minimum Gasteiger partial charge on any atom is -0.481 e. The largest absolute Gasteiger partial charge is 0.481 e. The molecule has 0 aliphatic carbocycles. The lowest BCUT2D eigenvalue weighted by molar-refractivity contribution is -0.137. The summed E-state index contributed by atoms with van der Waals surface area (Å²) in [6.45, 7) is 1.98. The second-order valence-corrected chi connectivity index (χ2v) is 7.36. The Labute approximate surface area is 175 Å². The zero-order valence-corrected chi connectivity index (χ0v) is 18.6. The molecule has 0 aromatic carbocycles. The van der Waals surface area contributed by atoms with Crippen LogP contribution in [0.25, 0.3) is 0 Å². The highest BCUT2D eigenvalue weighted by molar-refractivity contribution is 7.45. The van der Waals surface area contributed by atoms with Crippen LogP contribution >= 0.6 is 7.82 Å². The molecule has 0 heterocycles. The summed E-state index contributed by atoms with van der Waals surface area (Å²) in [4.78, 5) is 31.9. The van der Waals surface area contributed by atoms with Crippen LogP contribution in [0.1, 0.15) is 84.0 Å². The van der Waals surface area contributed by atoms with E-state index in [0.29, 0.717) is 6.42 Å². The van der Waals surface area contributed by atoms with Crippen molar-refractivity contribution in [3.63, 3.8) is 0 Å². The van der Waals surface area contributed by atoms with E-state index < -0.39 is 13.8 Å². The molecule has 0 rings (SSSR count). The van der Waals surface area contributed by atoms with Crippen LogP contribution in [0.5, 0.6) is 0 Å². The van der Waals surface area contributed by atoms with Gasteiger partial charge in [-0.25, -0.2) is 4.57 Å². The Hall–Kier alpha value is -1.02. The topological polar surface area (TPSA) is 156 Å². The summed E-state index contributed by atoms with van der Waals surface area (Å²) in [5, 5.41) is 23.8. The number of aliphatic hydroxyl groups is 2. The van der Waals surface area contributed by atoms with E-state index in [-0.39, 0.29) is 13.2 Å². The SMILES string of the molecule is CCCCC/C=C\C/C=C\CCCCCCCC(=O)O.O=P(O)(O)O.OCCO. The van der Waals surface area contributed by atoms with Crippen LogP contribution in [0, 0.1) is 0 Å². The summed E-state index contributed by atoms with van der Waals surface area (Å²) in [6.07, 6.45) is 22.3. The molecule has 0 unspecified atom stereocenters. The number of aliphatic carboxylic acids is 1. The van der Waals surface area contributed by atoms with Crippen molar-refractivity contribution in [1.82, 2.24) is 0 Å². The fourth-order valence-corrected chi connectivity index (χ4v) is 2.09. The van der Waals surface area contributed by atoms with Gasteiger partial charge in [-0.15, -0.1) is 0 Å². The van der Waals surface area contributed by atoms with E-state index in [1.165, 1.54) is 44.9 Å². The van der Waals surface area contributed by atoms with Gasteiger partial charge in [0.05, 0.1) is 13.2 Å². The summed E-state index contributed by atoms with van der Waals surface area (Å²) >= 11 is 0. The molecule has 0 aliphatic heterocycles. The summed E-state index contributed by atoms with van der Waals surface area (Å²) in [5.74, 6) is -0.671. The second-order valence-electron chi connectivity index (χ2n) is 6.33. The molecule has 0 atom stereocenters. The molecular weight excluding hydrogens is 399 g/mol. The number of carboxylic acids is 1. The van der Waals surface area contributed by atoms with Crippen LogP contribution < -0.4 is 0 Å². The third-order valence-corrected chi connectivity index (χ3v) is 3.44. The van der Waals surface area contributed by atoms with Crippen molar-refractivity contribution in [3.05, 3.63) is 24.3 Å². The molecule has 0 radical (unpaired) electrons. The number of unbranched alkanes of at least 4 members (excludes halogenated alkanes) is 8. The lowest BCUT2D eigenvalue weighted by Gasteiger charge is -1.98. The van der Waals surface area contributed by atoms with Gasteiger partial charge in [-0.1, -0.05) is 63.3 Å². The molecule has 0 fully saturated rings. The molecule has 0 bridgehead atoms. The third-order valence-electron chi connectivity index (χ3n) is 3.44. The maximum absolute atomic E-state index is 10.3. The highest BCUT2D eigenvalue weighted by Crippen LogP contribution is 2.25. The Bertz CT molecular complexity index is 422. The number of allylic oxidation sites excluding steroid dienone is 4. The van der Waals surface area contributed by atoms with Crippen molar-refractivity contribution in [2.24, 2.45) is 0 Å². The number of hydrogen-bond donors (Lipinski definition) is 6. The number of aliphatic hydroxyl groups excluding tert-OH is 2. The van der Waals surface area contributed by atoms with Crippen molar-refractivity contribution >= 4 is 13.8 Å².